The highest BCUT2D eigenvalue weighted by Crippen LogP contribution is 2.10. The van der Waals surface area contributed by atoms with Gasteiger partial charge in [-0.3, -0.25) is 9.48 Å². The zero-order valence-corrected chi connectivity index (χ0v) is 11.2. The van der Waals surface area contributed by atoms with Gasteiger partial charge < -0.3 is 5.73 Å². The van der Waals surface area contributed by atoms with Crippen molar-refractivity contribution < 1.29 is 4.79 Å². The van der Waals surface area contributed by atoms with E-state index in [9.17, 15) is 4.79 Å². The topological polar surface area (TPSA) is 60.9 Å². The third kappa shape index (κ3) is 3.66. The zero-order chi connectivity index (χ0) is 13.0. The molecule has 0 saturated heterocycles. The molecule has 0 saturated carbocycles. The van der Waals surface area contributed by atoms with E-state index in [1.807, 2.05) is 30.8 Å². The first-order chi connectivity index (χ1) is 7.95. The Morgan fingerprint density at radius 2 is 2.12 bits per heavy atom. The Balaban J connectivity index is 2.63. The molecule has 0 amide bonds. The van der Waals surface area contributed by atoms with Crippen LogP contribution in [0.15, 0.2) is 12.3 Å². The molecular formula is C13H23N3O. The number of carbonyl (C=O) groups excluding carboxylic acids is 1. The lowest BCUT2D eigenvalue weighted by Crippen LogP contribution is -2.36. The number of rotatable bonds is 6. The molecule has 0 aliphatic carbocycles. The minimum Gasteiger partial charge on any atom is -0.321 e. The molecule has 0 aliphatic heterocycles. The molecule has 0 aliphatic rings. The second kappa shape index (κ2) is 5.96. The van der Waals surface area contributed by atoms with Crippen LogP contribution in [0.1, 0.15) is 45.9 Å². The van der Waals surface area contributed by atoms with E-state index in [0.29, 0.717) is 12.5 Å². The van der Waals surface area contributed by atoms with E-state index in [1.165, 1.54) is 0 Å². The lowest BCUT2D eigenvalue weighted by Gasteiger charge is -2.13. The number of hydrogen-bond acceptors (Lipinski definition) is 3. The maximum Gasteiger partial charge on any atom is 0.155 e. The molecule has 1 rings (SSSR count). The van der Waals surface area contributed by atoms with E-state index in [4.69, 9.17) is 5.73 Å². The summed E-state index contributed by atoms with van der Waals surface area (Å²) in [6.45, 7) is 8.14. The van der Waals surface area contributed by atoms with Crippen molar-refractivity contribution in [1.82, 2.24) is 9.78 Å². The second-order valence-electron chi connectivity index (χ2n) is 4.96. The molecule has 0 bridgehead atoms. The van der Waals surface area contributed by atoms with Gasteiger partial charge in [-0.25, -0.2) is 0 Å². The summed E-state index contributed by atoms with van der Waals surface area (Å²) in [5.41, 5.74) is 6.63. The first-order valence-electron chi connectivity index (χ1n) is 6.28. The van der Waals surface area contributed by atoms with Gasteiger partial charge in [-0.05, 0) is 25.3 Å². The minimum atomic E-state index is -0.385. The van der Waals surface area contributed by atoms with Gasteiger partial charge in [-0.1, -0.05) is 20.8 Å². The fraction of sp³-hybridized carbons (Fsp3) is 0.692. The molecule has 0 spiro atoms. The molecule has 1 heterocycles. The minimum absolute atomic E-state index is 0.0643. The second-order valence-corrected chi connectivity index (χ2v) is 4.96. The largest absolute Gasteiger partial charge is 0.321 e. The SMILES string of the molecule is CCC(C)n1ccc(CC(=O)C(N)C(C)C)n1. The van der Waals surface area contributed by atoms with Gasteiger partial charge in [-0.15, -0.1) is 0 Å². The summed E-state index contributed by atoms with van der Waals surface area (Å²) < 4.78 is 1.91. The molecule has 4 nitrogen and oxygen atoms in total. The third-order valence-corrected chi connectivity index (χ3v) is 3.15. The first kappa shape index (κ1) is 13.9. The van der Waals surface area contributed by atoms with Gasteiger partial charge >= 0.3 is 0 Å². The van der Waals surface area contributed by atoms with E-state index in [0.717, 1.165) is 12.1 Å². The Labute approximate surface area is 103 Å². The molecule has 96 valence electrons. The van der Waals surface area contributed by atoms with Crippen molar-refractivity contribution >= 4 is 5.78 Å². The van der Waals surface area contributed by atoms with Gasteiger partial charge in [0.1, 0.15) is 0 Å². The van der Waals surface area contributed by atoms with Crippen molar-refractivity contribution in [3.8, 4) is 0 Å². The Morgan fingerprint density at radius 1 is 1.47 bits per heavy atom. The molecular weight excluding hydrogens is 214 g/mol. The van der Waals surface area contributed by atoms with Crippen LogP contribution < -0.4 is 5.73 Å². The summed E-state index contributed by atoms with van der Waals surface area (Å²) in [4.78, 5) is 11.8. The van der Waals surface area contributed by atoms with E-state index < -0.39 is 0 Å². The fourth-order valence-electron chi connectivity index (χ4n) is 1.57. The fourth-order valence-corrected chi connectivity index (χ4v) is 1.57. The monoisotopic (exact) mass is 237 g/mol. The van der Waals surface area contributed by atoms with Gasteiger partial charge in [0.2, 0.25) is 0 Å². The highest BCUT2D eigenvalue weighted by molar-refractivity contribution is 5.85. The van der Waals surface area contributed by atoms with E-state index in [2.05, 4.69) is 18.9 Å². The van der Waals surface area contributed by atoms with Crippen molar-refractivity contribution in [2.45, 2.75) is 52.6 Å². The third-order valence-electron chi connectivity index (χ3n) is 3.15. The molecule has 4 heteroatoms. The van der Waals surface area contributed by atoms with Gasteiger partial charge in [0, 0.05) is 12.2 Å². The van der Waals surface area contributed by atoms with E-state index >= 15 is 0 Å². The molecule has 1 aromatic rings. The maximum atomic E-state index is 11.8. The van der Waals surface area contributed by atoms with Crippen LogP contribution in [0.3, 0.4) is 0 Å². The predicted molar refractivity (Wildman–Crippen MR) is 68.8 cm³/mol. The summed E-state index contributed by atoms with van der Waals surface area (Å²) in [6, 6.07) is 1.89. The highest BCUT2D eigenvalue weighted by Gasteiger charge is 2.18. The Bertz CT molecular complexity index is 370. The molecule has 0 radical (unpaired) electrons. The molecule has 0 aromatic carbocycles. The number of ketones is 1. The van der Waals surface area contributed by atoms with E-state index in [1.54, 1.807) is 0 Å². The molecule has 0 fully saturated rings. The van der Waals surface area contributed by atoms with Crippen molar-refractivity contribution in [3.63, 3.8) is 0 Å². The van der Waals surface area contributed by atoms with Crippen LogP contribution in [0.25, 0.3) is 0 Å². The van der Waals surface area contributed by atoms with E-state index in [-0.39, 0.29) is 17.7 Å². The summed E-state index contributed by atoms with van der Waals surface area (Å²) in [5, 5.41) is 4.40. The number of hydrogen-bond donors (Lipinski definition) is 1. The van der Waals surface area contributed by atoms with Gasteiger partial charge in [0.05, 0.1) is 18.2 Å². The number of aromatic nitrogens is 2. The predicted octanol–water partition coefficient (Wildman–Crippen LogP) is 1.95. The normalized spacial score (nSPS) is 14.9. The summed E-state index contributed by atoms with van der Waals surface area (Å²) in [6.07, 6.45) is 3.29. The van der Waals surface area contributed by atoms with Crippen LogP contribution in [0.5, 0.6) is 0 Å². The van der Waals surface area contributed by atoms with Crippen LogP contribution in [-0.2, 0) is 11.2 Å². The van der Waals surface area contributed by atoms with Crippen LogP contribution >= 0.6 is 0 Å². The quantitative estimate of drug-likeness (QED) is 0.822. The number of nitrogens with two attached hydrogens (primary N) is 1. The van der Waals surface area contributed by atoms with Gasteiger partial charge in [-0.2, -0.15) is 5.10 Å². The van der Waals surface area contributed by atoms with Gasteiger partial charge in [0.25, 0.3) is 0 Å². The Kier molecular flexibility index (Phi) is 4.87. The van der Waals surface area contributed by atoms with Crippen LogP contribution in [0, 0.1) is 5.92 Å². The number of carbonyl (C=O) groups is 1. The van der Waals surface area contributed by atoms with Crippen molar-refractivity contribution in [3.05, 3.63) is 18.0 Å². The Hall–Kier alpha value is -1.16. The lowest BCUT2D eigenvalue weighted by molar-refractivity contribution is -0.120. The molecule has 2 unspecified atom stereocenters. The smallest absolute Gasteiger partial charge is 0.155 e. The number of nitrogens with zero attached hydrogens (tertiary/aromatic N) is 2. The van der Waals surface area contributed by atoms with Crippen LogP contribution in [0.2, 0.25) is 0 Å². The average Bonchev–Trinajstić information content (AvgIpc) is 2.75. The lowest BCUT2D eigenvalue weighted by atomic mass is 9.98. The molecule has 2 N–H and O–H groups in total. The summed E-state index contributed by atoms with van der Waals surface area (Å²) >= 11 is 0. The molecule has 1 aromatic heterocycles. The average molecular weight is 237 g/mol. The highest BCUT2D eigenvalue weighted by atomic mass is 16.1. The van der Waals surface area contributed by atoms with Crippen molar-refractivity contribution in [1.29, 1.82) is 0 Å². The summed E-state index contributed by atoms with van der Waals surface area (Å²) in [5.74, 6) is 0.244. The summed E-state index contributed by atoms with van der Waals surface area (Å²) in [7, 11) is 0. The molecule has 17 heavy (non-hydrogen) atoms. The van der Waals surface area contributed by atoms with Crippen LogP contribution in [0.4, 0.5) is 0 Å². The molecule has 2 atom stereocenters. The maximum absolute atomic E-state index is 11.8. The first-order valence-corrected chi connectivity index (χ1v) is 6.28. The standard InChI is InChI=1S/C13H23N3O/c1-5-10(4)16-7-6-11(15-16)8-12(17)13(14)9(2)3/h6-7,9-10,13H,5,8,14H2,1-4H3. The van der Waals surface area contributed by atoms with Crippen LogP contribution in [-0.4, -0.2) is 21.6 Å². The van der Waals surface area contributed by atoms with Gasteiger partial charge in [0.15, 0.2) is 5.78 Å². The van der Waals surface area contributed by atoms with Crippen molar-refractivity contribution in [2.75, 3.05) is 0 Å². The zero-order valence-electron chi connectivity index (χ0n) is 11.2. The number of Topliss-reactive ketones (excluding diaryl/α,β-unsaturated/α-hetero) is 1. The van der Waals surface area contributed by atoms with Crippen molar-refractivity contribution in [2.24, 2.45) is 11.7 Å². The Morgan fingerprint density at radius 3 is 2.65 bits per heavy atom.